The average molecular weight is 353 g/mol. The SMILES string of the molecule is CCc1[nH]nc(-c2cccc(F)c2)c1NC(=O)Cc1cccc(OC)c1. The van der Waals surface area contributed by atoms with Gasteiger partial charge < -0.3 is 10.1 Å². The normalized spacial score (nSPS) is 10.6. The molecule has 0 spiro atoms. The van der Waals surface area contributed by atoms with Gasteiger partial charge in [-0.3, -0.25) is 9.89 Å². The number of aromatic nitrogens is 2. The van der Waals surface area contributed by atoms with Crippen LogP contribution in [0.5, 0.6) is 5.75 Å². The van der Waals surface area contributed by atoms with Crippen molar-refractivity contribution in [3.05, 3.63) is 65.6 Å². The molecule has 5 nitrogen and oxygen atoms in total. The number of hydrogen-bond donors (Lipinski definition) is 2. The molecule has 0 fully saturated rings. The molecule has 0 atom stereocenters. The second-order valence-electron chi connectivity index (χ2n) is 5.87. The number of benzene rings is 2. The van der Waals surface area contributed by atoms with E-state index in [2.05, 4.69) is 15.5 Å². The van der Waals surface area contributed by atoms with Gasteiger partial charge in [-0.2, -0.15) is 5.10 Å². The number of methoxy groups -OCH3 is 1. The summed E-state index contributed by atoms with van der Waals surface area (Å²) < 4.78 is 18.7. The van der Waals surface area contributed by atoms with Crippen LogP contribution in [0, 0.1) is 5.82 Å². The largest absolute Gasteiger partial charge is 0.497 e. The van der Waals surface area contributed by atoms with Crippen molar-refractivity contribution in [2.24, 2.45) is 0 Å². The van der Waals surface area contributed by atoms with E-state index in [0.29, 0.717) is 29.1 Å². The molecule has 0 aliphatic rings. The number of carbonyl (C=O) groups excluding carboxylic acids is 1. The van der Waals surface area contributed by atoms with Gasteiger partial charge in [0, 0.05) is 5.56 Å². The highest BCUT2D eigenvalue weighted by molar-refractivity contribution is 5.96. The number of carbonyl (C=O) groups is 1. The Kier molecular flexibility index (Phi) is 5.31. The van der Waals surface area contributed by atoms with Crippen LogP contribution in [-0.4, -0.2) is 23.2 Å². The van der Waals surface area contributed by atoms with Gasteiger partial charge in [-0.15, -0.1) is 0 Å². The monoisotopic (exact) mass is 353 g/mol. The molecule has 1 aromatic heterocycles. The molecule has 3 aromatic rings. The van der Waals surface area contributed by atoms with E-state index in [4.69, 9.17) is 4.74 Å². The van der Waals surface area contributed by atoms with E-state index in [1.807, 2.05) is 31.2 Å². The van der Waals surface area contributed by atoms with E-state index in [1.165, 1.54) is 12.1 Å². The Labute approximate surface area is 151 Å². The molecule has 0 saturated heterocycles. The summed E-state index contributed by atoms with van der Waals surface area (Å²) >= 11 is 0. The number of amides is 1. The second kappa shape index (κ2) is 7.82. The van der Waals surface area contributed by atoms with E-state index < -0.39 is 0 Å². The van der Waals surface area contributed by atoms with Crippen molar-refractivity contribution in [2.75, 3.05) is 12.4 Å². The number of nitrogens with zero attached hydrogens (tertiary/aromatic N) is 1. The van der Waals surface area contributed by atoms with Crippen LogP contribution in [0.1, 0.15) is 18.2 Å². The Morgan fingerprint density at radius 1 is 1.23 bits per heavy atom. The third-order valence-corrected chi connectivity index (χ3v) is 4.06. The minimum absolute atomic E-state index is 0.174. The lowest BCUT2D eigenvalue weighted by molar-refractivity contribution is -0.115. The zero-order valence-corrected chi connectivity index (χ0v) is 14.7. The maximum atomic E-state index is 13.6. The van der Waals surface area contributed by atoms with Crippen LogP contribution in [0.2, 0.25) is 0 Å². The fourth-order valence-electron chi connectivity index (χ4n) is 2.76. The first kappa shape index (κ1) is 17.7. The van der Waals surface area contributed by atoms with E-state index >= 15 is 0 Å². The minimum Gasteiger partial charge on any atom is -0.497 e. The fourth-order valence-corrected chi connectivity index (χ4v) is 2.76. The second-order valence-corrected chi connectivity index (χ2v) is 5.87. The number of aromatic amines is 1. The van der Waals surface area contributed by atoms with Crippen LogP contribution in [0.25, 0.3) is 11.3 Å². The molecule has 2 aromatic carbocycles. The third-order valence-electron chi connectivity index (χ3n) is 4.06. The minimum atomic E-state index is -0.350. The lowest BCUT2D eigenvalue weighted by Crippen LogP contribution is -2.15. The molecule has 0 unspecified atom stereocenters. The van der Waals surface area contributed by atoms with Gasteiger partial charge in [-0.05, 0) is 36.2 Å². The Morgan fingerprint density at radius 2 is 2.04 bits per heavy atom. The number of ether oxygens (including phenoxy) is 1. The summed E-state index contributed by atoms with van der Waals surface area (Å²) in [5, 5.41) is 10.1. The number of halogens is 1. The first-order chi connectivity index (χ1) is 12.6. The molecule has 1 heterocycles. The van der Waals surface area contributed by atoms with E-state index in [0.717, 1.165) is 11.3 Å². The Balaban J connectivity index is 1.84. The van der Waals surface area contributed by atoms with Gasteiger partial charge >= 0.3 is 0 Å². The number of anilines is 1. The highest BCUT2D eigenvalue weighted by Gasteiger charge is 2.17. The van der Waals surface area contributed by atoms with Crippen molar-refractivity contribution in [2.45, 2.75) is 19.8 Å². The van der Waals surface area contributed by atoms with E-state index in [1.54, 1.807) is 19.2 Å². The summed E-state index contributed by atoms with van der Waals surface area (Å²) in [7, 11) is 1.59. The summed E-state index contributed by atoms with van der Waals surface area (Å²) in [4.78, 5) is 12.5. The van der Waals surface area contributed by atoms with Crippen molar-refractivity contribution in [1.82, 2.24) is 10.2 Å². The summed E-state index contributed by atoms with van der Waals surface area (Å²) in [6.45, 7) is 1.96. The van der Waals surface area contributed by atoms with Gasteiger partial charge in [0.05, 0.1) is 24.9 Å². The molecule has 0 radical (unpaired) electrons. The molecule has 1 amide bonds. The smallest absolute Gasteiger partial charge is 0.228 e. The van der Waals surface area contributed by atoms with E-state index in [-0.39, 0.29) is 18.1 Å². The summed E-state index contributed by atoms with van der Waals surface area (Å²) in [5.74, 6) is 0.178. The van der Waals surface area contributed by atoms with Crippen molar-refractivity contribution in [1.29, 1.82) is 0 Å². The van der Waals surface area contributed by atoms with Gasteiger partial charge in [-0.1, -0.05) is 31.2 Å². The summed E-state index contributed by atoms with van der Waals surface area (Å²) in [6, 6.07) is 13.5. The molecule has 2 N–H and O–H groups in total. The molecule has 134 valence electrons. The van der Waals surface area contributed by atoms with Crippen molar-refractivity contribution < 1.29 is 13.9 Å². The maximum absolute atomic E-state index is 13.6. The predicted molar refractivity (Wildman–Crippen MR) is 98.7 cm³/mol. The molecular formula is C20H20FN3O2. The number of nitrogens with one attached hydrogen (secondary N) is 2. The van der Waals surface area contributed by atoms with Crippen LogP contribution in [0.4, 0.5) is 10.1 Å². The Morgan fingerprint density at radius 3 is 2.77 bits per heavy atom. The van der Waals surface area contributed by atoms with Gasteiger partial charge in [0.2, 0.25) is 5.91 Å². The van der Waals surface area contributed by atoms with Crippen molar-refractivity contribution in [3.63, 3.8) is 0 Å². The first-order valence-electron chi connectivity index (χ1n) is 8.36. The topological polar surface area (TPSA) is 67.0 Å². The van der Waals surface area contributed by atoms with Gasteiger partial charge in [0.25, 0.3) is 0 Å². The quantitative estimate of drug-likeness (QED) is 0.705. The zero-order valence-electron chi connectivity index (χ0n) is 14.7. The summed E-state index contributed by atoms with van der Waals surface area (Å²) in [6.07, 6.45) is 0.866. The number of aryl methyl sites for hydroxylation is 1. The number of rotatable bonds is 6. The van der Waals surface area contributed by atoms with Crippen LogP contribution in [-0.2, 0) is 17.6 Å². The van der Waals surface area contributed by atoms with E-state index in [9.17, 15) is 9.18 Å². The van der Waals surface area contributed by atoms with Crippen molar-refractivity contribution in [3.8, 4) is 17.0 Å². The summed E-state index contributed by atoms with van der Waals surface area (Å²) in [5.41, 5.74) is 3.36. The molecule has 0 aliphatic carbocycles. The highest BCUT2D eigenvalue weighted by Crippen LogP contribution is 2.29. The lowest BCUT2D eigenvalue weighted by atomic mass is 10.1. The van der Waals surface area contributed by atoms with Gasteiger partial charge in [-0.25, -0.2) is 4.39 Å². The molecule has 0 aliphatic heterocycles. The average Bonchev–Trinajstić information content (AvgIpc) is 3.04. The standard InChI is InChI=1S/C20H20FN3O2/c1-3-17-20(19(24-23-17)14-7-5-8-15(21)12-14)22-18(25)11-13-6-4-9-16(10-13)26-2/h4-10,12H,3,11H2,1-2H3,(H,22,25)(H,23,24). The van der Waals surface area contributed by atoms with Crippen LogP contribution < -0.4 is 10.1 Å². The molecule has 0 saturated carbocycles. The maximum Gasteiger partial charge on any atom is 0.228 e. The van der Waals surface area contributed by atoms with Crippen LogP contribution >= 0.6 is 0 Å². The molecule has 6 heteroatoms. The molecule has 26 heavy (non-hydrogen) atoms. The van der Waals surface area contributed by atoms with Crippen LogP contribution in [0.3, 0.4) is 0 Å². The molecule has 3 rings (SSSR count). The predicted octanol–water partition coefficient (Wildman–Crippen LogP) is 3.97. The lowest BCUT2D eigenvalue weighted by Gasteiger charge is -2.09. The zero-order chi connectivity index (χ0) is 18.5. The Bertz CT molecular complexity index is 921. The van der Waals surface area contributed by atoms with Crippen LogP contribution in [0.15, 0.2) is 48.5 Å². The highest BCUT2D eigenvalue weighted by atomic mass is 19.1. The first-order valence-corrected chi connectivity index (χ1v) is 8.36. The molecule has 0 bridgehead atoms. The molecular weight excluding hydrogens is 333 g/mol. The Hall–Kier alpha value is -3.15. The number of hydrogen-bond acceptors (Lipinski definition) is 3. The third kappa shape index (κ3) is 3.91. The fraction of sp³-hybridized carbons (Fsp3) is 0.200. The van der Waals surface area contributed by atoms with Crippen molar-refractivity contribution >= 4 is 11.6 Å². The van der Waals surface area contributed by atoms with Gasteiger partial charge in [0.1, 0.15) is 17.3 Å². The van der Waals surface area contributed by atoms with Gasteiger partial charge in [0.15, 0.2) is 0 Å². The number of H-pyrrole nitrogens is 1.